The molecule has 3 unspecified atom stereocenters. The highest BCUT2D eigenvalue weighted by Gasteiger charge is 2.36. The molecule has 0 bridgehead atoms. The number of nitrogens with one attached hydrogen (secondary N) is 1. The summed E-state index contributed by atoms with van der Waals surface area (Å²) >= 11 is 0. The average Bonchev–Trinajstić information content (AvgIpc) is 3.22. The van der Waals surface area contributed by atoms with Gasteiger partial charge in [-0.15, -0.1) is 0 Å². The molecule has 3 fully saturated rings. The van der Waals surface area contributed by atoms with Crippen molar-refractivity contribution in [1.29, 1.82) is 0 Å². The van der Waals surface area contributed by atoms with E-state index in [0.29, 0.717) is 29.8 Å². The van der Waals surface area contributed by atoms with Crippen molar-refractivity contribution in [3.05, 3.63) is 29.8 Å². The van der Waals surface area contributed by atoms with Crippen LogP contribution in [0.2, 0.25) is 0 Å². The van der Waals surface area contributed by atoms with Gasteiger partial charge in [0, 0.05) is 30.4 Å². The van der Waals surface area contributed by atoms with Gasteiger partial charge in [-0.05, 0) is 62.6 Å². The second kappa shape index (κ2) is 7.78. The van der Waals surface area contributed by atoms with Gasteiger partial charge in [0.25, 0.3) is 11.8 Å². The topological polar surface area (TPSA) is 58.6 Å². The van der Waals surface area contributed by atoms with Crippen LogP contribution in [0.3, 0.4) is 0 Å². The number of anilines is 1. The van der Waals surface area contributed by atoms with Crippen LogP contribution >= 0.6 is 0 Å². The highest BCUT2D eigenvalue weighted by Crippen LogP contribution is 2.36. The second-order valence-electron chi connectivity index (χ2n) is 7.82. The predicted molar refractivity (Wildman–Crippen MR) is 100 cm³/mol. The fraction of sp³-hybridized carbons (Fsp3) is 0.619. The van der Waals surface area contributed by atoms with Crippen LogP contribution in [0.4, 0.5) is 5.69 Å². The van der Waals surface area contributed by atoms with E-state index in [4.69, 9.17) is 4.74 Å². The lowest BCUT2D eigenvalue weighted by atomic mass is 9.78. The van der Waals surface area contributed by atoms with Gasteiger partial charge in [-0.1, -0.05) is 18.9 Å². The molecule has 2 saturated heterocycles. The largest absolute Gasteiger partial charge is 0.368 e. The maximum Gasteiger partial charge on any atom is 0.254 e. The molecule has 2 amide bonds. The van der Waals surface area contributed by atoms with Crippen LogP contribution in [-0.2, 0) is 9.53 Å². The van der Waals surface area contributed by atoms with Crippen molar-refractivity contribution in [3.63, 3.8) is 0 Å². The molecule has 2 heterocycles. The first-order valence-electron chi connectivity index (χ1n) is 10.1. The first-order valence-corrected chi connectivity index (χ1v) is 10.1. The van der Waals surface area contributed by atoms with Gasteiger partial charge in [0.2, 0.25) is 0 Å². The van der Waals surface area contributed by atoms with Crippen molar-refractivity contribution in [2.45, 2.75) is 63.5 Å². The van der Waals surface area contributed by atoms with Crippen LogP contribution in [0.1, 0.15) is 61.7 Å². The Morgan fingerprint density at radius 1 is 1.04 bits per heavy atom. The average molecular weight is 356 g/mol. The molecule has 1 saturated carbocycles. The Morgan fingerprint density at radius 3 is 2.73 bits per heavy atom. The summed E-state index contributed by atoms with van der Waals surface area (Å²) in [5.41, 5.74) is 1.34. The van der Waals surface area contributed by atoms with Crippen molar-refractivity contribution in [1.82, 2.24) is 4.90 Å². The highest BCUT2D eigenvalue weighted by molar-refractivity contribution is 5.98. The minimum atomic E-state index is -0.362. The first-order chi connectivity index (χ1) is 12.7. The molecule has 5 heteroatoms. The SMILES string of the molecule is O=C(Nc1cccc(C(=O)N2CCCC3CCCCC32)c1)C1CCCO1. The molecule has 3 aliphatic rings. The summed E-state index contributed by atoms with van der Waals surface area (Å²) in [6, 6.07) is 7.75. The lowest BCUT2D eigenvalue weighted by Crippen LogP contribution is -2.49. The van der Waals surface area contributed by atoms with Crippen LogP contribution in [0.5, 0.6) is 0 Å². The third-order valence-corrected chi connectivity index (χ3v) is 6.10. The molecule has 26 heavy (non-hydrogen) atoms. The minimum Gasteiger partial charge on any atom is -0.368 e. The van der Waals surface area contributed by atoms with E-state index in [2.05, 4.69) is 10.2 Å². The maximum absolute atomic E-state index is 13.1. The van der Waals surface area contributed by atoms with E-state index in [-0.39, 0.29) is 17.9 Å². The monoisotopic (exact) mass is 356 g/mol. The van der Waals surface area contributed by atoms with Crippen molar-refractivity contribution in [2.24, 2.45) is 5.92 Å². The molecule has 0 aromatic heterocycles. The summed E-state index contributed by atoms with van der Waals surface area (Å²) < 4.78 is 5.43. The Hall–Kier alpha value is -1.88. The minimum absolute atomic E-state index is 0.106. The molecule has 5 nitrogen and oxygen atoms in total. The fourth-order valence-corrected chi connectivity index (χ4v) is 4.78. The predicted octanol–water partition coefficient (Wildman–Crippen LogP) is 3.60. The van der Waals surface area contributed by atoms with Crippen LogP contribution < -0.4 is 5.32 Å². The highest BCUT2D eigenvalue weighted by atomic mass is 16.5. The van der Waals surface area contributed by atoms with Gasteiger partial charge in [-0.2, -0.15) is 0 Å². The number of carbonyl (C=O) groups excluding carboxylic acids is 2. The third kappa shape index (κ3) is 3.63. The van der Waals surface area contributed by atoms with Gasteiger partial charge in [0.1, 0.15) is 6.10 Å². The van der Waals surface area contributed by atoms with E-state index >= 15 is 0 Å². The van der Waals surface area contributed by atoms with Gasteiger partial charge in [-0.25, -0.2) is 0 Å². The Bertz CT molecular complexity index is 667. The summed E-state index contributed by atoms with van der Waals surface area (Å²) in [5.74, 6) is 0.663. The van der Waals surface area contributed by atoms with Gasteiger partial charge in [-0.3, -0.25) is 9.59 Å². The van der Waals surface area contributed by atoms with Gasteiger partial charge >= 0.3 is 0 Å². The second-order valence-corrected chi connectivity index (χ2v) is 7.82. The molecule has 0 spiro atoms. The molecule has 1 aromatic carbocycles. The quantitative estimate of drug-likeness (QED) is 0.900. The van der Waals surface area contributed by atoms with Gasteiger partial charge in [0.15, 0.2) is 0 Å². The Kier molecular flexibility index (Phi) is 5.25. The maximum atomic E-state index is 13.1. The zero-order chi connectivity index (χ0) is 17.9. The number of hydrogen-bond acceptors (Lipinski definition) is 3. The number of nitrogens with zero attached hydrogens (tertiary/aromatic N) is 1. The number of hydrogen-bond donors (Lipinski definition) is 1. The number of benzene rings is 1. The molecule has 3 atom stereocenters. The van der Waals surface area contributed by atoms with Gasteiger partial charge in [0.05, 0.1) is 0 Å². The summed E-state index contributed by atoms with van der Waals surface area (Å²) in [5, 5.41) is 2.90. The van der Waals surface area contributed by atoms with Crippen LogP contribution in [0.25, 0.3) is 0 Å². The number of ether oxygens (including phenoxy) is 1. The van der Waals surface area contributed by atoms with E-state index in [9.17, 15) is 9.59 Å². The molecular formula is C21H28N2O3. The lowest BCUT2D eigenvalue weighted by molar-refractivity contribution is -0.124. The molecule has 140 valence electrons. The number of carbonyl (C=O) groups is 2. The number of fused-ring (bicyclic) bond motifs is 1. The van der Waals surface area contributed by atoms with Crippen LogP contribution in [-0.4, -0.2) is 42.0 Å². The van der Waals surface area contributed by atoms with E-state index in [1.807, 2.05) is 24.3 Å². The molecule has 4 rings (SSSR count). The standard InChI is InChI=1S/C21H28N2O3/c24-20(19-11-5-13-26-19)22-17-9-3-7-16(14-17)21(25)23-12-4-8-15-6-1-2-10-18(15)23/h3,7,9,14-15,18-19H,1-2,4-6,8,10-13H2,(H,22,24). The summed E-state index contributed by atoms with van der Waals surface area (Å²) in [6.07, 6.45) is 8.59. The van der Waals surface area contributed by atoms with E-state index in [1.54, 1.807) is 0 Å². The van der Waals surface area contributed by atoms with E-state index in [0.717, 1.165) is 32.2 Å². The Morgan fingerprint density at radius 2 is 1.88 bits per heavy atom. The smallest absolute Gasteiger partial charge is 0.254 e. The third-order valence-electron chi connectivity index (χ3n) is 6.10. The molecule has 1 N–H and O–H groups in total. The molecule has 1 aliphatic carbocycles. The Labute approximate surface area is 155 Å². The molecule has 2 aliphatic heterocycles. The number of rotatable bonds is 3. The summed E-state index contributed by atoms with van der Waals surface area (Å²) in [6.45, 7) is 1.50. The van der Waals surface area contributed by atoms with Crippen LogP contribution in [0, 0.1) is 5.92 Å². The van der Waals surface area contributed by atoms with E-state index < -0.39 is 0 Å². The zero-order valence-corrected chi connectivity index (χ0v) is 15.3. The van der Waals surface area contributed by atoms with Crippen molar-refractivity contribution in [3.8, 4) is 0 Å². The Balaban J connectivity index is 1.46. The number of likely N-dealkylation sites (tertiary alicyclic amines) is 1. The number of amides is 2. The van der Waals surface area contributed by atoms with Crippen molar-refractivity contribution >= 4 is 17.5 Å². The zero-order valence-electron chi connectivity index (χ0n) is 15.3. The van der Waals surface area contributed by atoms with Gasteiger partial charge < -0.3 is 15.0 Å². The summed E-state index contributed by atoms with van der Waals surface area (Å²) in [7, 11) is 0. The molecular weight excluding hydrogens is 328 g/mol. The first kappa shape index (κ1) is 17.5. The van der Waals surface area contributed by atoms with E-state index in [1.165, 1.54) is 25.7 Å². The lowest BCUT2D eigenvalue weighted by Gasteiger charge is -2.44. The molecule has 1 aromatic rings. The fourth-order valence-electron chi connectivity index (χ4n) is 4.78. The van der Waals surface area contributed by atoms with Crippen molar-refractivity contribution < 1.29 is 14.3 Å². The van der Waals surface area contributed by atoms with Crippen LogP contribution in [0.15, 0.2) is 24.3 Å². The normalized spacial score (nSPS) is 28.5. The molecule has 0 radical (unpaired) electrons. The number of piperidine rings is 1. The summed E-state index contributed by atoms with van der Waals surface area (Å²) in [4.78, 5) is 27.5. The van der Waals surface area contributed by atoms with Crippen molar-refractivity contribution in [2.75, 3.05) is 18.5 Å².